The average molecular weight is 549 g/mol. The minimum atomic E-state index is -0.529. The van der Waals surface area contributed by atoms with E-state index in [2.05, 4.69) is 55.5 Å². The van der Waals surface area contributed by atoms with Crippen molar-refractivity contribution in [1.29, 1.82) is 0 Å². The Kier molecular flexibility index (Phi) is 5.13. The second kappa shape index (κ2) is 7.13. The molecule has 0 saturated carbocycles. The first-order valence-electron chi connectivity index (χ1n) is 6.84. The van der Waals surface area contributed by atoms with Crippen LogP contribution in [0.2, 0.25) is 0 Å². The minimum absolute atomic E-state index is 0.0772. The number of amides is 1. The van der Waals surface area contributed by atoms with Crippen LogP contribution in [-0.2, 0) is 11.3 Å². The molecule has 0 aliphatic rings. The number of carbonyl (C=O) groups is 1. The normalized spacial score (nSPS) is 10.8. The van der Waals surface area contributed by atoms with Crippen LogP contribution >= 0.6 is 45.2 Å². The minimum Gasteiger partial charge on any atom is -0.322 e. The molecule has 0 saturated heterocycles. The molecule has 0 unspecified atom stereocenters. The number of para-hydroxylation sites is 1. The Balaban J connectivity index is 1.90. The van der Waals surface area contributed by atoms with E-state index in [9.17, 15) is 14.0 Å². The first-order chi connectivity index (χ1) is 11.5. The van der Waals surface area contributed by atoms with E-state index in [1.54, 1.807) is 12.1 Å². The Morgan fingerprint density at radius 1 is 1.25 bits per heavy atom. The van der Waals surface area contributed by atoms with Gasteiger partial charge in [0.05, 0.1) is 22.9 Å². The van der Waals surface area contributed by atoms with Crippen LogP contribution in [0.5, 0.6) is 0 Å². The molecule has 0 bridgehead atoms. The van der Waals surface area contributed by atoms with Gasteiger partial charge in [-0.05, 0) is 69.4 Å². The molecule has 5 nitrogen and oxygen atoms in total. The van der Waals surface area contributed by atoms with Crippen LogP contribution in [0.15, 0.2) is 47.5 Å². The standard InChI is InChI=1S/C16H10FI2N3O2/c17-11-3-1-2-4-13(11)21-14(23)7-22-8-20-15-10(16(22)24)5-9(18)6-12(15)19/h1-6,8H,7H2,(H,21,23). The summed E-state index contributed by atoms with van der Waals surface area (Å²) in [5, 5.41) is 2.90. The van der Waals surface area contributed by atoms with Crippen LogP contribution in [0.4, 0.5) is 10.1 Å². The maximum atomic E-state index is 13.6. The van der Waals surface area contributed by atoms with Gasteiger partial charge in [-0.2, -0.15) is 0 Å². The molecule has 24 heavy (non-hydrogen) atoms. The molecule has 0 radical (unpaired) electrons. The quantitative estimate of drug-likeness (QED) is 0.510. The van der Waals surface area contributed by atoms with Crippen LogP contribution in [0, 0.1) is 13.0 Å². The third kappa shape index (κ3) is 3.58. The molecule has 2 aromatic carbocycles. The Bertz CT molecular complexity index is 1000. The van der Waals surface area contributed by atoms with Gasteiger partial charge in [-0.15, -0.1) is 0 Å². The highest BCUT2D eigenvalue weighted by Gasteiger charge is 2.12. The molecular formula is C16H10FI2N3O2. The maximum Gasteiger partial charge on any atom is 0.261 e. The van der Waals surface area contributed by atoms with Gasteiger partial charge in [-0.1, -0.05) is 12.1 Å². The third-order valence-electron chi connectivity index (χ3n) is 3.31. The molecule has 0 aliphatic heterocycles. The highest BCUT2D eigenvalue weighted by molar-refractivity contribution is 14.1. The number of benzene rings is 2. The Morgan fingerprint density at radius 2 is 2.00 bits per heavy atom. The summed E-state index contributed by atoms with van der Waals surface area (Å²) in [5.41, 5.74) is 0.375. The number of carbonyl (C=O) groups excluding carboxylic acids is 1. The number of halogens is 3. The SMILES string of the molecule is O=C(Cn1cnc2c(I)cc(I)cc2c1=O)Nc1ccccc1F. The number of hydrogen-bond donors (Lipinski definition) is 1. The molecule has 0 spiro atoms. The molecule has 0 atom stereocenters. The van der Waals surface area contributed by atoms with E-state index in [4.69, 9.17) is 0 Å². The summed E-state index contributed by atoms with van der Waals surface area (Å²) >= 11 is 4.24. The largest absolute Gasteiger partial charge is 0.322 e. The Hall–Kier alpha value is -1.56. The van der Waals surface area contributed by atoms with Gasteiger partial charge in [0.2, 0.25) is 5.91 Å². The fourth-order valence-corrected chi connectivity index (χ4v) is 4.20. The van der Waals surface area contributed by atoms with E-state index < -0.39 is 11.7 Å². The molecule has 1 amide bonds. The first kappa shape index (κ1) is 17.3. The molecule has 1 heterocycles. The van der Waals surface area contributed by atoms with Crippen molar-refractivity contribution in [3.63, 3.8) is 0 Å². The van der Waals surface area contributed by atoms with Crippen molar-refractivity contribution in [3.8, 4) is 0 Å². The summed E-state index contributed by atoms with van der Waals surface area (Å²) in [5.74, 6) is -1.03. The van der Waals surface area contributed by atoms with Crippen molar-refractivity contribution in [2.75, 3.05) is 5.32 Å². The lowest BCUT2D eigenvalue weighted by Gasteiger charge is -2.09. The second-order valence-corrected chi connectivity index (χ2v) is 7.40. The molecule has 1 N–H and O–H groups in total. The Labute approximate surface area is 163 Å². The monoisotopic (exact) mass is 549 g/mol. The second-order valence-electron chi connectivity index (χ2n) is 4.99. The fraction of sp³-hybridized carbons (Fsp3) is 0.0625. The zero-order valence-electron chi connectivity index (χ0n) is 12.1. The van der Waals surface area contributed by atoms with Crippen molar-refractivity contribution in [3.05, 3.63) is 66.0 Å². The van der Waals surface area contributed by atoms with Crippen molar-refractivity contribution >= 4 is 67.7 Å². The van der Waals surface area contributed by atoms with E-state index in [0.717, 1.165) is 7.14 Å². The summed E-state index contributed by atoms with van der Waals surface area (Å²) in [6.45, 7) is -0.238. The van der Waals surface area contributed by atoms with Crippen LogP contribution < -0.4 is 10.9 Å². The number of fused-ring (bicyclic) bond motifs is 1. The van der Waals surface area contributed by atoms with Crippen molar-refractivity contribution < 1.29 is 9.18 Å². The predicted molar refractivity (Wildman–Crippen MR) is 106 cm³/mol. The molecule has 122 valence electrons. The summed E-state index contributed by atoms with van der Waals surface area (Å²) < 4.78 is 16.6. The van der Waals surface area contributed by atoms with Crippen LogP contribution in [-0.4, -0.2) is 15.5 Å². The van der Waals surface area contributed by atoms with Gasteiger partial charge >= 0.3 is 0 Å². The van der Waals surface area contributed by atoms with Crippen molar-refractivity contribution in [2.24, 2.45) is 0 Å². The predicted octanol–water partition coefficient (Wildman–Crippen LogP) is 3.38. The topological polar surface area (TPSA) is 64.0 Å². The lowest BCUT2D eigenvalue weighted by atomic mass is 10.2. The smallest absolute Gasteiger partial charge is 0.261 e. The third-order valence-corrected chi connectivity index (χ3v) is 4.75. The summed E-state index contributed by atoms with van der Waals surface area (Å²) in [6, 6.07) is 9.52. The zero-order valence-corrected chi connectivity index (χ0v) is 16.4. The highest BCUT2D eigenvalue weighted by Crippen LogP contribution is 2.19. The molecular weight excluding hydrogens is 539 g/mol. The number of hydrogen-bond acceptors (Lipinski definition) is 3. The summed E-state index contributed by atoms with van der Waals surface area (Å²) in [4.78, 5) is 28.9. The summed E-state index contributed by atoms with van der Waals surface area (Å²) in [6.07, 6.45) is 1.33. The maximum absolute atomic E-state index is 13.6. The Morgan fingerprint density at radius 3 is 2.75 bits per heavy atom. The van der Waals surface area contributed by atoms with E-state index in [1.807, 2.05) is 6.07 Å². The molecule has 3 aromatic rings. The first-order valence-corrected chi connectivity index (χ1v) is 9.00. The highest BCUT2D eigenvalue weighted by atomic mass is 127. The zero-order chi connectivity index (χ0) is 17.3. The molecule has 8 heteroatoms. The fourth-order valence-electron chi connectivity index (χ4n) is 2.21. The van der Waals surface area contributed by atoms with E-state index in [-0.39, 0.29) is 17.8 Å². The number of aromatic nitrogens is 2. The lowest BCUT2D eigenvalue weighted by Crippen LogP contribution is -2.28. The van der Waals surface area contributed by atoms with Gasteiger partial charge in [0.25, 0.3) is 5.56 Å². The van der Waals surface area contributed by atoms with E-state index in [0.29, 0.717) is 10.9 Å². The van der Waals surface area contributed by atoms with Gasteiger partial charge in [0.1, 0.15) is 12.4 Å². The van der Waals surface area contributed by atoms with Gasteiger partial charge in [-0.3, -0.25) is 14.2 Å². The van der Waals surface area contributed by atoms with Crippen LogP contribution in [0.25, 0.3) is 10.9 Å². The lowest BCUT2D eigenvalue weighted by molar-refractivity contribution is -0.116. The number of nitrogens with one attached hydrogen (secondary N) is 1. The summed E-state index contributed by atoms with van der Waals surface area (Å²) in [7, 11) is 0. The molecule has 1 aromatic heterocycles. The molecule has 0 aliphatic carbocycles. The van der Waals surface area contributed by atoms with Crippen molar-refractivity contribution in [2.45, 2.75) is 6.54 Å². The van der Waals surface area contributed by atoms with Gasteiger partial charge in [-0.25, -0.2) is 9.37 Å². The number of rotatable bonds is 3. The molecule has 3 rings (SSSR count). The van der Waals surface area contributed by atoms with Gasteiger partial charge < -0.3 is 5.32 Å². The average Bonchev–Trinajstić information content (AvgIpc) is 2.53. The number of nitrogens with zero attached hydrogens (tertiary/aromatic N) is 2. The van der Waals surface area contributed by atoms with Gasteiger partial charge in [0, 0.05) is 7.14 Å². The van der Waals surface area contributed by atoms with E-state index >= 15 is 0 Å². The molecule has 0 fully saturated rings. The van der Waals surface area contributed by atoms with Crippen LogP contribution in [0.1, 0.15) is 0 Å². The van der Waals surface area contributed by atoms with Gasteiger partial charge in [0.15, 0.2) is 0 Å². The number of anilines is 1. The van der Waals surface area contributed by atoms with Crippen LogP contribution in [0.3, 0.4) is 0 Å². The van der Waals surface area contributed by atoms with Crippen molar-refractivity contribution in [1.82, 2.24) is 9.55 Å². The van der Waals surface area contributed by atoms with E-state index in [1.165, 1.54) is 29.1 Å².